The van der Waals surface area contributed by atoms with Crippen molar-refractivity contribution in [3.63, 3.8) is 0 Å². The van der Waals surface area contributed by atoms with Crippen LogP contribution in [0.5, 0.6) is 0 Å². The fraction of sp³-hybridized carbons (Fsp3) is 0.0556. The SMILES string of the molecule is O=C(Cn1nnc(-c2ccccc2)n1)N/N=C/c1c[nH]c2ccccc12. The zero-order valence-corrected chi connectivity index (χ0v) is 13.7. The lowest BCUT2D eigenvalue weighted by atomic mass is 10.2. The molecule has 2 aromatic heterocycles. The van der Waals surface area contributed by atoms with Crippen LogP contribution in [0, 0.1) is 0 Å². The van der Waals surface area contributed by atoms with E-state index in [9.17, 15) is 4.79 Å². The number of carbonyl (C=O) groups is 1. The minimum atomic E-state index is -0.335. The number of carbonyl (C=O) groups excluding carboxylic acids is 1. The van der Waals surface area contributed by atoms with Gasteiger partial charge in [-0.2, -0.15) is 9.90 Å². The van der Waals surface area contributed by atoms with Gasteiger partial charge in [0.15, 0.2) is 0 Å². The summed E-state index contributed by atoms with van der Waals surface area (Å²) in [5.74, 6) is 0.138. The second-order valence-electron chi connectivity index (χ2n) is 5.59. The standard InChI is InChI=1S/C18H15N7O/c26-17(12-25-23-18(22-24-25)13-6-2-1-3-7-13)21-20-11-14-10-19-16-9-5-4-8-15(14)16/h1-11,19H,12H2,(H,21,26)/b20-11+. The van der Waals surface area contributed by atoms with Crippen LogP contribution in [0.3, 0.4) is 0 Å². The number of hydrogen-bond acceptors (Lipinski definition) is 5. The molecular weight excluding hydrogens is 330 g/mol. The van der Waals surface area contributed by atoms with Crippen LogP contribution in [0.4, 0.5) is 0 Å². The van der Waals surface area contributed by atoms with E-state index >= 15 is 0 Å². The van der Waals surface area contributed by atoms with E-state index in [2.05, 4.69) is 30.9 Å². The van der Waals surface area contributed by atoms with Gasteiger partial charge in [-0.05, 0) is 11.3 Å². The van der Waals surface area contributed by atoms with Gasteiger partial charge in [0.2, 0.25) is 5.82 Å². The highest BCUT2D eigenvalue weighted by Crippen LogP contribution is 2.15. The third-order valence-corrected chi connectivity index (χ3v) is 3.78. The number of nitrogens with one attached hydrogen (secondary N) is 2. The van der Waals surface area contributed by atoms with Crippen LogP contribution in [0.1, 0.15) is 5.56 Å². The van der Waals surface area contributed by atoms with Crippen LogP contribution in [-0.2, 0) is 11.3 Å². The molecule has 0 aliphatic heterocycles. The maximum atomic E-state index is 12.0. The van der Waals surface area contributed by atoms with Crippen LogP contribution in [-0.4, -0.2) is 37.3 Å². The highest BCUT2D eigenvalue weighted by Gasteiger charge is 2.08. The highest BCUT2D eigenvalue weighted by molar-refractivity contribution is 5.99. The van der Waals surface area contributed by atoms with Crippen molar-refractivity contribution in [2.75, 3.05) is 0 Å². The lowest BCUT2D eigenvalue weighted by Gasteiger charge is -1.98. The summed E-state index contributed by atoms with van der Waals surface area (Å²) in [7, 11) is 0. The van der Waals surface area contributed by atoms with Gasteiger partial charge in [0.25, 0.3) is 5.91 Å². The summed E-state index contributed by atoms with van der Waals surface area (Å²) < 4.78 is 0. The Morgan fingerprint density at radius 1 is 1.15 bits per heavy atom. The molecule has 4 aromatic rings. The molecule has 0 unspecified atom stereocenters. The molecule has 8 nitrogen and oxygen atoms in total. The van der Waals surface area contributed by atoms with Crippen LogP contribution in [0.25, 0.3) is 22.3 Å². The van der Waals surface area contributed by atoms with Crippen molar-refractivity contribution in [3.8, 4) is 11.4 Å². The fourth-order valence-corrected chi connectivity index (χ4v) is 2.55. The Morgan fingerprint density at radius 2 is 1.96 bits per heavy atom. The van der Waals surface area contributed by atoms with Gasteiger partial charge in [-0.1, -0.05) is 48.5 Å². The van der Waals surface area contributed by atoms with Crippen molar-refractivity contribution in [1.29, 1.82) is 0 Å². The molecule has 0 fully saturated rings. The second-order valence-corrected chi connectivity index (χ2v) is 5.59. The largest absolute Gasteiger partial charge is 0.361 e. The van der Waals surface area contributed by atoms with Crippen molar-refractivity contribution in [3.05, 3.63) is 66.4 Å². The third-order valence-electron chi connectivity index (χ3n) is 3.78. The summed E-state index contributed by atoms with van der Waals surface area (Å²) in [6, 6.07) is 17.3. The molecule has 2 N–H and O–H groups in total. The Morgan fingerprint density at radius 3 is 2.85 bits per heavy atom. The lowest BCUT2D eigenvalue weighted by molar-refractivity contribution is -0.122. The number of tetrazole rings is 1. The first-order valence-corrected chi connectivity index (χ1v) is 8.01. The van der Waals surface area contributed by atoms with Crippen molar-refractivity contribution in [2.45, 2.75) is 6.54 Å². The summed E-state index contributed by atoms with van der Waals surface area (Å²) in [5, 5.41) is 17.1. The Kier molecular flexibility index (Phi) is 4.21. The van der Waals surface area contributed by atoms with Crippen LogP contribution in [0.15, 0.2) is 65.9 Å². The van der Waals surface area contributed by atoms with Gasteiger partial charge in [-0.25, -0.2) is 5.43 Å². The molecule has 0 saturated carbocycles. The Labute approximate surface area is 148 Å². The van der Waals surface area contributed by atoms with E-state index in [1.165, 1.54) is 4.80 Å². The molecule has 0 aliphatic rings. The molecule has 128 valence electrons. The Balaban J connectivity index is 1.38. The number of H-pyrrole nitrogens is 1. The lowest BCUT2D eigenvalue weighted by Crippen LogP contribution is -2.24. The summed E-state index contributed by atoms with van der Waals surface area (Å²) in [6.45, 7) is -0.0644. The smallest absolute Gasteiger partial charge is 0.263 e. The fourth-order valence-electron chi connectivity index (χ4n) is 2.55. The van der Waals surface area contributed by atoms with Gasteiger partial charge in [0.05, 0.1) is 6.21 Å². The van der Waals surface area contributed by atoms with E-state index in [0.717, 1.165) is 22.0 Å². The first-order chi connectivity index (χ1) is 12.8. The molecule has 1 amide bonds. The number of rotatable bonds is 5. The van der Waals surface area contributed by atoms with Gasteiger partial charge in [0, 0.05) is 28.2 Å². The monoisotopic (exact) mass is 345 g/mol. The van der Waals surface area contributed by atoms with E-state index < -0.39 is 0 Å². The molecule has 0 saturated heterocycles. The first-order valence-electron chi connectivity index (χ1n) is 8.01. The minimum Gasteiger partial charge on any atom is -0.361 e. The van der Waals surface area contributed by atoms with Crippen molar-refractivity contribution in [2.24, 2.45) is 5.10 Å². The van der Waals surface area contributed by atoms with Gasteiger partial charge in [-0.15, -0.1) is 10.2 Å². The van der Waals surface area contributed by atoms with Crippen LogP contribution >= 0.6 is 0 Å². The molecule has 4 rings (SSSR count). The highest BCUT2D eigenvalue weighted by atomic mass is 16.2. The van der Waals surface area contributed by atoms with E-state index in [-0.39, 0.29) is 12.5 Å². The number of fused-ring (bicyclic) bond motifs is 1. The molecule has 0 spiro atoms. The van der Waals surface area contributed by atoms with Crippen molar-refractivity contribution < 1.29 is 4.79 Å². The minimum absolute atomic E-state index is 0.0644. The number of benzene rings is 2. The van der Waals surface area contributed by atoms with Gasteiger partial charge >= 0.3 is 0 Å². The quantitative estimate of drug-likeness (QED) is 0.426. The van der Waals surface area contributed by atoms with E-state index in [1.54, 1.807) is 6.21 Å². The number of aromatic amines is 1. The van der Waals surface area contributed by atoms with Crippen LogP contribution in [0.2, 0.25) is 0 Å². The van der Waals surface area contributed by atoms with Crippen molar-refractivity contribution >= 4 is 23.0 Å². The number of aromatic nitrogens is 5. The Hall–Kier alpha value is -3.81. The van der Waals surface area contributed by atoms with Crippen molar-refractivity contribution in [1.82, 2.24) is 30.6 Å². The normalized spacial score (nSPS) is 11.2. The predicted octanol–water partition coefficient (Wildman–Crippen LogP) is 1.97. The Bertz CT molecular complexity index is 1070. The first kappa shape index (κ1) is 15.7. The molecule has 26 heavy (non-hydrogen) atoms. The third kappa shape index (κ3) is 3.34. The molecular formula is C18H15N7O. The average Bonchev–Trinajstić information content (AvgIpc) is 3.30. The molecule has 0 bridgehead atoms. The molecule has 2 heterocycles. The van der Waals surface area contributed by atoms with Crippen LogP contribution < -0.4 is 5.43 Å². The van der Waals surface area contributed by atoms with Gasteiger partial charge in [0.1, 0.15) is 6.54 Å². The number of nitrogens with zero attached hydrogens (tertiary/aromatic N) is 5. The van der Waals surface area contributed by atoms with Gasteiger partial charge < -0.3 is 4.98 Å². The van der Waals surface area contributed by atoms with Gasteiger partial charge in [-0.3, -0.25) is 4.79 Å². The zero-order valence-electron chi connectivity index (χ0n) is 13.7. The number of amides is 1. The number of para-hydroxylation sites is 1. The molecule has 0 atom stereocenters. The maximum absolute atomic E-state index is 12.0. The second kappa shape index (κ2) is 6.98. The summed E-state index contributed by atoms with van der Waals surface area (Å²) in [4.78, 5) is 16.4. The van der Waals surface area contributed by atoms with E-state index in [1.807, 2.05) is 60.8 Å². The molecule has 0 aliphatic carbocycles. The molecule has 0 radical (unpaired) electrons. The topological polar surface area (TPSA) is 101 Å². The molecule has 2 aromatic carbocycles. The van der Waals surface area contributed by atoms with E-state index in [0.29, 0.717) is 5.82 Å². The number of hydrogen-bond donors (Lipinski definition) is 2. The average molecular weight is 345 g/mol. The summed E-state index contributed by atoms with van der Waals surface area (Å²) in [6.07, 6.45) is 3.44. The molecule has 8 heteroatoms. The predicted molar refractivity (Wildman–Crippen MR) is 97.3 cm³/mol. The maximum Gasteiger partial charge on any atom is 0.263 e. The summed E-state index contributed by atoms with van der Waals surface area (Å²) >= 11 is 0. The zero-order chi connectivity index (χ0) is 17.8. The summed E-state index contributed by atoms with van der Waals surface area (Å²) in [5.41, 5.74) is 5.22. The van der Waals surface area contributed by atoms with E-state index in [4.69, 9.17) is 0 Å². The number of hydrazone groups is 1.